The first-order valence-corrected chi connectivity index (χ1v) is 9.23. The van der Waals surface area contributed by atoms with E-state index in [1.165, 1.54) is 11.3 Å². The maximum atomic E-state index is 12.5. The highest BCUT2D eigenvalue weighted by Gasteiger charge is 2.37. The molecule has 3 heterocycles. The van der Waals surface area contributed by atoms with Gasteiger partial charge in [0.05, 0.1) is 12.7 Å². The molecule has 5 nitrogen and oxygen atoms in total. The van der Waals surface area contributed by atoms with Gasteiger partial charge in [0.1, 0.15) is 4.21 Å². The minimum atomic E-state index is -3.34. The average molecular weight is 316 g/mol. The molecule has 2 aliphatic rings. The van der Waals surface area contributed by atoms with E-state index in [4.69, 9.17) is 4.74 Å². The minimum absolute atomic E-state index is 0.0310. The molecule has 2 saturated heterocycles. The van der Waals surface area contributed by atoms with E-state index in [-0.39, 0.29) is 6.10 Å². The Morgan fingerprint density at radius 2 is 2.20 bits per heavy atom. The van der Waals surface area contributed by atoms with Crippen molar-refractivity contribution >= 4 is 21.4 Å². The Bertz CT molecular complexity index is 544. The predicted molar refractivity (Wildman–Crippen MR) is 78.4 cm³/mol. The van der Waals surface area contributed by atoms with Crippen molar-refractivity contribution < 1.29 is 13.2 Å². The number of hydrogen-bond donors (Lipinski definition) is 0. The van der Waals surface area contributed by atoms with Gasteiger partial charge in [-0.05, 0) is 24.9 Å². The van der Waals surface area contributed by atoms with E-state index in [1.807, 2.05) is 0 Å². The van der Waals surface area contributed by atoms with Crippen LogP contribution in [0.1, 0.15) is 6.42 Å². The van der Waals surface area contributed by atoms with Gasteiger partial charge in [-0.15, -0.1) is 11.3 Å². The largest absolute Gasteiger partial charge is 0.375 e. The Kier molecular flexibility index (Phi) is 4.14. The fraction of sp³-hybridized carbons (Fsp3) is 0.692. The van der Waals surface area contributed by atoms with Gasteiger partial charge in [-0.1, -0.05) is 6.07 Å². The van der Waals surface area contributed by atoms with Gasteiger partial charge in [0, 0.05) is 32.1 Å². The van der Waals surface area contributed by atoms with Gasteiger partial charge < -0.3 is 9.64 Å². The number of piperidine rings is 1. The number of rotatable bonds is 2. The molecule has 0 radical (unpaired) electrons. The van der Waals surface area contributed by atoms with Gasteiger partial charge >= 0.3 is 0 Å². The van der Waals surface area contributed by atoms with Crippen LogP contribution in [0.2, 0.25) is 0 Å². The Balaban J connectivity index is 1.75. The van der Waals surface area contributed by atoms with Crippen molar-refractivity contribution in [3.63, 3.8) is 0 Å². The lowest BCUT2D eigenvalue weighted by Crippen LogP contribution is -2.48. The molecule has 7 heteroatoms. The molecular formula is C13H20N2O3S2. The van der Waals surface area contributed by atoms with Crippen LogP contribution >= 0.6 is 11.3 Å². The van der Waals surface area contributed by atoms with Gasteiger partial charge in [0.15, 0.2) is 0 Å². The summed E-state index contributed by atoms with van der Waals surface area (Å²) >= 11 is 1.28. The third-order valence-corrected chi connectivity index (χ3v) is 7.34. The first-order valence-electron chi connectivity index (χ1n) is 6.91. The molecule has 0 amide bonds. The van der Waals surface area contributed by atoms with E-state index >= 15 is 0 Å². The SMILES string of the molecule is CN1CCO[C@H]2CN(S(=O)(=O)c3cccs3)CC[C@H]2C1. The number of hydrogen-bond acceptors (Lipinski definition) is 5. The smallest absolute Gasteiger partial charge is 0.252 e. The van der Waals surface area contributed by atoms with E-state index < -0.39 is 10.0 Å². The van der Waals surface area contributed by atoms with E-state index in [9.17, 15) is 8.42 Å². The van der Waals surface area contributed by atoms with E-state index in [0.717, 1.165) is 19.5 Å². The van der Waals surface area contributed by atoms with E-state index in [1.54, 1.807) is 21.8 Å². The minimum Gasteiger partial charge on any atom is -0.375 e. The van der Waals surface area contributed by atoms with Crippen molar-refractivity contribution in [2.45, 2.75) is 16.7 Å². The highest BCUT2D eigenvalue weighted by Crippen LogP contribution is 2.29. The lowest BCUT2D eigenvalue weighted by atomic mass is 9.95. The fourth-order valence-electron chi connectivity index (χ4n) is 2.94. The summed E-state index contributed by atoms with van der Waals surface area (Å²) in [6.45, 7) is 3.68. The molecule has 0 bridgehead atoms. The van der Waals surface area contributed by atoms with Crippen molar-refractivity contribution in [2.75, 3.05) is 39.8 Å². The summed E-state index contributed by atoms with van der Waals surface area (Å²) in [7, 11) is -1.24. The van der Waals surface area contributed by atoms with E-state index in [2.05, 4.69) is 11.9 Å². The zero-order valence-corrected chi connectivity index (χ0v) is 13.2. The van der Waals surface area contributed by atoms with Crippen molar-refractivity contribution in [1.29, 1.82) is 0 Å². The third kappa shape index (κ3) is 2.78. The maximum Gasteiger partial charge on any atom is 0.252 e. The van der Waals surface area contributed by atoms with Gasteiger partial charge in [0.2, 0.25) is 0 Å². The lowest BCUT2D eigenvalue weighted by Gasteiger charge is -2.36. The third-order valence-electron chi connectivity index (χ3n) is 4.10. The van der Waals surface area contributed by atoms with Crippen molar-refractivity contribution in [1.82, 2.24) is 9.21 Å². The molecule has 2 fully saturated rings. The van der Waals surface area contributed by atoms with Crippen LogP contribution in [0, 0.1) is 5.92 Å². The lowest BCUT2D eigenvalue weighted by molar-refractivity contribution is -0.00184. The zero-order chi connectivity index (χ0) is 14.2. The molecule has 112 valence electrons. The number of ether oxygens (including phenoxy) is 1. The second-order valence-corrected chi connectivity index (χ2v) is 8.63. The molecule has 0 saturated carbocycles. The quantitative estimate of drug-likeness (QED) is 0.819. The van der Waals surface area contributed by atoms with Crippen molar-refractivity contribution in [3.8, 4) is 0 Å². The average Bonchev–Trinajstić information content (AvgIpc) is 2.89. The second-order valence-electron chi connectivity index (χ2n) is 5.52. The van der Waals surface area contributed by atoms with Crippen LogP contribution in [0.4, 0.5) is 0 Å². The number of thiophene rings is 1. The van der Waals surface area contributed by atoms with Crippen molar-refractivity contribution in [3.05, 3.63) is 17.5 Å². The van der Waals surface area contributed by atoms with Gasteiger partial charge in [-0.2, -0.15) is 4.31 Å². The van der Waals surface area contributed by atoms with Gasteiger partial charge in [0.25, 0.3) is 10.0 Å². The maximum absolute atomic E-state index is 12.5. The van der Waals surface area contributed by atoms with E-state index in [0.29, 0.717) is 29.8 Å². The number of nitrogens with zero attached hydrogens (tertiary/aromatic N) is 2. The second kappa shape index (κ2) is 5.73. The summed E-state index contributed by atoms with van der Waals surface area (Å²) < 4.78 is 33.0. The first-order chi connectivity index (χ1) is 9.57. The summed E-state index contributed by atoms with van der Waals surface area (Å²) in [5, 5.41) is 1.80. The number of fused-ring (bicyclic) bond motifs is 1. The summed E-state index contributed by atoms with van der Waals surface area (Å²) in [6.07, 6.45) is 0.906. The van der Waals surface area contributed by atoms with Gasteiger partial charge in [-0.3, -0.25) is 0 Å². The van der Waals surface area contributed by atoms with Crippen LogP contribution in [0.25, 0.3) is 0 Å². The molecular weight excluding hydrogens is 296 g/mol. The summed E-state index contributed by atoms with van der Waals surface area (Å²) in [5.74, 6) is 0.442. The molecule has 2 aliphatic heterocycles. The standard InChI is InChI=1S/C13H20N2O3S2/c1-14-6-7-18-12-10-15(5-4-11(12)9-14)20(16,17)13-3-2-8-19-13/h2-3,8,11-12H,4-7,9-10H2,1H3/t11-,12-/m0/s1. The molecule has 0 N–H and O–H groups in total. The highest BCUT2D eigenvalue weighted by atomic mass is 32.2. The first kappa shape index (κ1) is 14.5. The topological polar surface area (TPSA) is 49.9 Å². The fourth-order valence-corrected chi connectivity index (χ4v) is 5.55. The molecule has 20 heavy (non-hydrogen) atoms. The number of likely N-dealkylation sites (N-methyl/N-ethyl adjacent to an activating group) is 1. The number of sulfonamides is 1. The van der Waals surface area contributed by atoms with Gasteiger partial charge in [-0.25, -0.2) is 8.42 Å². The van der Waals surface area contributed by atoms with Crippen LogP contribution in [0.5, 0.6) is 0 Å². The molecule has 0 spiro atoms. The molecule has 0 unspecified atom stereocenters. The molecule has 1 aromatic rings. The summed E-state index contributed by atoms with van der Waals surface area (Å²) in [5.41, 5.74) is 0. The molecule has 0 aliphatic carbocycles. The molecule has 0 aromatic carbocycles. The van der Waals surface area contributed by atoms with Crippen molar-refractivity contribution in [2.24, 2.45) is 5.92 Å². The van der Waals surface area contributed by atoms with Crippen LogP contribution in [-0.4, -0.2) is 63.6 Å². The summed E-state index contributed by atoms with van der Waals surface area (Å²) in [6, 6.07) is 3.45. The Labute approximate surface area is 124 Å². The normalized spacial score (nSPS) is 29.9. The van der Waals surface area contributed by atoms with Crippen LogP contribution in [-0.2, 0) is 14.8 Å². The highest BCUT2D eigenvalue weighted by molar-refractivity contribution is 7.91. The Hall–Kier alpha value is -0.470. The zero-order valence-electron chi connectivity index (χ0n) is 11.6. The molecule has 3 rings (SSSR count). The molecule has 1 aromatic heterocycles. The Morgan fingerprint density at radius 3 is 2.95 bits per heavy atom. The van der Waals surface area contributed by atoms with Crippen LogP contribution in [0.15, 0.2) is 21.7 Å². The predicted octanol–water partition coefficient (Wildman–Crippen LogP) is 1.09. The monoisotopic (exact) mass is 316 g/mol. The van der Waals surface area contributed by atoms with Crippen LogP contribution < -0.4 is 0 Å². The Morgan fingerprint density at radius 1 is 1.35 bits per heavy atom. The summed E-state index contributed by atoms with van der Waals surface area (Å²) in [4.78, 5) is 2.27. The van der Waals surface area contributed by atoms with Crippen LogP contribution in [0.3, 0.4) is 0 Å². The molecule has 2 atom stereocenters.